The third-order valence-electron chi connectivity index (χ3n) is 3.16. The van der Waals surface area contributed by atoms with Gasteiger partial charge in [-0.1, -0.05) is 11.6 Å². The average molecular weight is 242 g/mol. The molecule has 3 nitrogen and oxygen atoms in total. The molecular weight excluding hydrogens is 229 g/mol. The smallest absolute Gasteiger partial charge is 0.137 e. The maximum Gasteiger partial charge on any atom is 0.137 e. The molecule has 1 aliphatic heterocycles. The summed E-state index contributed by atoms with van der Waals surface area (Å²) in [5.41, 5.74) is 0.859. The van der Waals surface area contributed by atoms with Crippen LogP contribution in [0.25, 0.3) is 0 Å². The van der Waals surface area contributed by atoms with Crippen molar-refractivity contribution < 1.29 is 4.39 Å². The van der Waals surface area contributed by atoms with E-state index >= 15 is 0 Å². The van der Waals surface area contributed by atoms with Crippen molar-refractivity contribution in [3.63, 3.8) is 0 Å². The summed E-state index contributed by atoms with van der Waals surface area (Å²) in [6.07, 6.45) is 1.56. The molecule has 0 unspecified atom stereocenters. The van der Waals surface area contributed by atoms with Gasteiger partial charge in [-0.05, 0) is 19.8 Å². The SMILES string of the molecule is Cc1c(Cl)nc(C2CC2)nc1N1CC(F)C1. The van der Waals surface area contributed by atoms with Crippen LogP contribution in [-0.2, 0) is 0 Å². The van der Waals surface area contributed by atoms with Crippen molar-refractivity contribution in [2.24, 2.45) is 0 Å². The first-order chi connectivity index (χ1) is 7.65. The lowest BCUT2D eigenvalue weighted by Crippen LogP contribution is -2.49. The van der Waals surface area contributed by atoms with E-state index in [4.69, 9.17) is 11.6 Å². The summed E-state index contributed by atoms with van der Waals surface area (Å²) in [6.45, 7) is 2.75. The van der Waals surface area contributed by atoms with E-state index in [9.17, 15) is 4.39 Å². The van der Waals surface area contributed by atoms with Crippen molar-refractivity contribution in [3.8, 4) is 0 Å². The van der Waals surface area contributed by atoms with Crippen molar-refractivity contribution in [3.05, 3.63) is 16.5 Å². The van der Waals surface area contributed by atoms with Crippen LogP contribution >= 0.6 is 11.6 Å². The Hall–Kier alpha value is -0.900. The van der Waals surface area contributed by atoms with Gasteiger partial charge >= 0.3 is 0 Å². The third kappa shape index (κ3) is 1.65. The fourth-order valence-corrected chi connectivity index (χ4v) is 2.09. The zero-order valence-corrected chi connectivity index (χ0v) is 9.84. The van der Waals surface area contributed by atoms with E-state index in [0.29, 0.717) is 24.2 Å². The second kappa shape index (κ2) is 3.55. The van der Waals surface area contributed by atoms with Gasteiger partial charge in [0.25, 0.3) is 0 Å². The maximum absolute atomic E-state index is 12.8. The number of hydrogen-bond acceptors (Lipinski definition) is 3. The molecule has 3 rings (SSSR count). The van der Waals surface area contributed by atoms with Gasteiger partial charge in [0.05, 0.1) is 13.1 Å². The van der Waals surface area contributed by atoms with Crippen molar-refractivity contribution in [2.75, 3.05) is 18.0 Å². The van der Waals surface area contributed by atoms with Gasteiger partial charge in [0, 0.05) is 11.5 Å². The predicted octanol–water partition coefficient (Wildman–Crippen LogP) is 2.47. The second-order valence-corrected chi connectivity index (χ2v) is 4.96. The Labute approximate surface area is 98.6 Å². The van der Waals surface area contributed by atoms with E-state index in [-0.39, 0.29) is 0 Å². The third-order valence-corrected chi connectivity index (χ3v) is 3.53. The van der Waals surface area contributed by atoms with Gasteiger partial charge in [-0.3, -0.25) is 0 Å². The lowest BCUT2D eigenvalue weighted by Gasteiger charge is -2.36. The van der Waals surface area contributed by atoms with E-state index in [1.165, 1.54) is 0 Å². The van der Waals surface area contributed by atoms with Crippen LogP contribution in [0.2, 0.25) is 5.15 Å². The zero-order valence-electron chi connectivity index (χ0n) is 9.08. The van der Waals surface area contributed by atoms with Crippen LogP contribution in [0.1, 0.15) is 30.1 Å². The quantitative estimate of drug-likeness (QED) is 0.745. The van der Waals surface area contributed by atoms with Crippen LogP contribution in [0, 0.1) is 6.92 Å². The van der Waals surface area contributed by atoms with E-state index in [1.807, 2.05) is 11.8 Å². The van der Waals surface area contributed by atoms with Crippen molar-refractivity contribution in [1.29, 1.82) is 0 Å². The molecule has 2 heterocycles. The number of nitrogens with zero attached hydrogens (tertiary/aromatic N) is 3. The van der Waals surface area contributed by atoms with E-state index in [0.717, 1.165) is 30.0 Å². The lowest BCUT2D eigenvalue weighted by atomic mass is 10.1. The molecule has 1 aliphatic carbocycles. The van der Waals surface area contributed by atoms with Crippen molar-refractivity contribution >= 4 is 17.4 Å². The van der Waals surface area contributed by atoms with Crippen molar-refractivity contribution in [2.45, 2.75) is 31.9 Å². The molecule has 0 aromatic carbocycles. The monoisotopic (exact) mass is 241 g/mol. The highest BCUT2D eigenvalue weighted by Crippen LogP contribution is 2.40. The summed E-state index contributed by atoms with van der Waals surface area (Å²) >= 11 is 6.08. The van der Waals surface area contributed by atoms with Gasteiger partial charge in [0.15, 0.2) is 0 Å². The number of hydrogen-bond donors (Lipinski definition) is 0. The van der Waals surface area contributed by atoms with Crippen LogP contribution < -0.4 is 4.90 Å². The number of anilines is 1. The largest absolute Gasteiger partial charge is 0.350 e. The standard InChI is InChI=1S/C11H13ClFN3/c1-6-9(12)14-10(7-2-3-7)15-11(6)16-4-8(13)5-16/h7-8H,2-5H2,1H3. The molecule has 0 atom stereocenters. The van der Waals surface area contributed by atoms with Gasteiger partial charge in [0.1, 0.15) is 23.0 Å². The molecular formula is C11H13ClFN3. The van der Waals surface area contributed by atoms with E-state index in [1.54, 1.807) is 0 Å². The summed E-state index contributed by atoms with van der Waals surface area (Å²) < 4.78 is 12.8. The molecule has 0 spiro atoms. The van der Waals surface area contributed by atoms with Crippen LogP contribution in [0.15, 0.2) is 0 Å². The molecule has 16 heavy (non-hydrogen) atoms. The maximum atomic E-state index is 12.8. The summed E-state index contributed by atoms with van der Waals surface area (Å²) in [5.74, 6) is 2.11. The average Bonchev–Trinajstić information content (AvgIpc) is 3.01. The molecule has 0 radical (unpaired) electrons. The molecule has 5 heteroatoms. The van der Waals surface area contributed by atoms with Crippen LogP contribution in [-0.4, -0.2) is 29.2 Å². The first-order valence-corrected chi connectivity index (χ1v) is 5.96. The Morgan fingerprint density at radius 3 is 2.56 bits per heavy atom. The molecule has 2 fully saturated rings. The molecule has 1 saturated carbocycles. The predicted molar refractivity (Wildman–Crippen MR) is 60.9 cm³/mol. The molecule has 2 aliphatic rings. The number of halogens is 2. The Morgan fingerprint density at radius 1 is 1.31 bits per heavy atom. The first kappa shape index (κ1) is 10.3. The van der Waals surface area contributed by atoms with E-state index in [2.05, 4.69) is 9.97 Å². The summed E-state index contributed by atoms with van der Waals surface area (Å²) in [4.78, 5) is 10.7. The fraction of sp³-hybridized carbons (Fsp3) is 0.636. The fourth-order valence-electron chi connectivity index (χ4n) is 1.92. The van der Waals surface area contributed by atoms with Gasteiger partial charge in [-0.25, -0.2) is 14.4 Å². The van der Waals surface area contributed by atoms with Gasteiger partial charge in [-0.2, -0.15) is 0 Å². The minimum absolute atomic E-state index is 0.429. The topological polar surface area (TPSA) is 29.0 Å². The lowest BCUT2D eigenvalue weighted by molar-refractivity contribution is 0.273. The first-order valence-electron chi connectivity index (χ1n) is 5.58. The Balaban J connectivity index is 1.95. The highest BCUT2D eigenvalue weighted by atomic mass is 35.5. The highest BCUT2D eigenvalue weighted by molar-refractivity contribution is 6.30. The van der Waals surface area contributed by atoms with Gasteiger partial charge in [-0.15, -0.1) is 0 Å². The van der Waals surface area contributed by atoms with Crippen LogP contribution in [0.5, 0.6) is 0 Å². The molecule has 0 bridgehead atoms. The van der Waals surface area contributed by atoms with Crippen LogP contribution in [0.4, 0.5) is 10.2 Å². The summed E-state index contributed by atoms with van der Waals surface area (Å²) in [5, 5.41) is 0.509. The van der Waals surface area contributed by atoms with Crippen LogP contribution in [0.3, 0.4) is 0 Å². The Kier molecular flexibility index (Phi) is 2.28. The van der Waals surface area contributed by atoms with Gasteiger partial charge in [0.2, 0.25) is 0 Å². The normalized spacial score (nSPS) is 21.1. The number of alkyl halides is 1. The zero-order chi connectivity index (χ0) is 11.3. The number of rotatable bonds is 2. The highest BCUT2D eigenvalue weighted by Gasteiger charge is 2.32. The Bertz CT molecular complexity index is 427. The second-order valence-electron chi connectivity index (χ2n) is 4.60. The minimum atomic E-state index is -0.725. The molecule has 86 valence electrons. The molecule has 0 N–H and O–H groups in total. The molecule has 1 aromatic rings. The molecule has 1 aromatic heterocycles. The summed E-state index contributed by atoms with van der Waals surface area (Å²) in [6, 6.07) is 0. The van der Waals surface area contributed by atoms with Crippen molar-refractivity contribution in [1.82, 2.24) is 9.97 Å². The molecule has 1 saturated heterocycles. The Morgan fingerprint density at radius 2 is 2.00 bits per heavy atom. The summed E-state index contributed by atoms with van der Waals surface area (Å²) in [7, 11) is 0. The number of aromatic nitrogens is 2. The van der Waals surface area contributed by atoms with E-state index < -0.39 is 6.17 Å². The minimum Gasteiger partial charge on any atom is -0.350 e. The molecule has 0 amide bonds. The van der Waals surface area contributed by atoms with Gasteiger partial charge < -0.3 is 4.90 Å².